The summed E-state index contributed by atoms with van der Waals surface area (Å²) in [6.07, 6.45) is 9.09. The second-order valence-corrected chi connectivity index (χ2v) is 9.44. The molecule has 1 saturated carbocycles. The highest BCUT2D eigenvalue weighted by atomic mass is 16.5. The molecule has 32 heavy (non-hydrogen) atoms. The molecule has 0 spiro atoms. The summed E-state index contributed by atoms with van der Waals surface area (Å²) in [6, 6.07) is 31.0. The second-order valence-electron chi connectivity index (χ2n) is 9.44. The van der Waals surface area contributed by atoms with Gasteiger partial charge in [0.2, 0.25) is 0 Å². The van der Waals surface area contributed by atoms with Gasteiger partial charge in [0.25, 0.3) is 0 Å². The normalized spacial score (nSPS) is 18.5. The summed E-state index contributed by atoms with van der Waals surface area (Å²) in [5.74, 6) is 0.714. The molecule has 0 aromatic heterocycles. The number of hydrogen-bond acceptors (Lipinski definition) is 2. The zero-order chi connectivity index (χ0) is 21.6. The van der Waals surface area contributed by atoms with Gasteiger partial charge >= 0.3 is 0 Å². The fraction of sp³-hybridized carbons (Fsp3) is 0.400. The number of hydrogen-bond donors (Lipinski definition) is 1. The molecule has 1 aliphatic heterocycles. The minimum atomic E-state index is -0.602. The Balaban J connectivity index is 1.61. The summed E-state index contributed by atoms with van der Waals surface area (Å²) in [6.45, 7) is 2.04. The smallest absolute Gasteiger partial charge is 0.144 e. The van der Waals surface area contributed by atoms with Crippen molar-refractivity contribution in [2.24, 2.45) is 0 Å². The van der Waals surface area contributed by atoms with Crippen LogP contribution >= 0.6 is 0 Å². The van der Waals surface area contributed by atoms with Crippen LogP contribution in [0.1, 0.15) is 73.1 Å². The highest BCUT2D eigenvalue weighted by molar-refractivity contribution is 5.48. The van der Waals surface area contributed by atoms with E-state index < -0.39 is 5.60 Å². The highest BCUT2D eigenvalue weighted by Crippen LogP contribution is 2.43. The van der Waals surface area contributed by atoms with Gasteiger partial charge in [-0.2, -0.15) is 0 Å². The van der Waals surface area contributed by atoms with Gasteiger partial charge in [-0.15, -0.1) is 0 Å². The molecule has 3 aromatic rings. The molecule has 5 rings (SSSR count). The first-order chi connectivity index (χ1) is 15.9. The van der Waals surface area contributed by atoms with Crippen LogP contribution < -0.4 is 5.32 Å². The van der Waals surface area contributed by atoms with Crippen molar-refractivity contribution in [3.05, 3.63) is 107 Å². The van der Waals surface area contributed by atoms with E-state index in [1.54, 1.807) is 0 Å². The first kappa shape index (κ1) is 21.4. The predicted molar refractivity (Wildman–Crippen MR) is 132 cm³/mol. The van der Waals surface area contributed by atoms with Crippen LogP contribution in [0.3, 0.4) is 0 Å². The van der Waals surface area contributed by atoms with Gasteiger partial charge in [0.15, 0.2) is 0 Å². The molecule has 1 heterocycles. The lowest BCUT2D eigenvalue weighted by atomic mass is 9.78. The number of ether oxygens (including phenoxy) is 1. The summed E-state index contributed by atoms with van der Waals surface area (Å²) in [5, 5.41) is 3.48. The third-order valence-electron chi connectivity index (χ3n) is 7.38. The summed E-state index contributed by atoms with van der Waals surface area (Å²) < 4.78 is 7.18. The monoisotopic (exact) mass is 425 g/mol. The van der Waals surface area contributed by atoms with Crippen molar-refractivity contribution < 1.29 is 4.74 Å². The lowest BCUT2D eigenvalue weighted by Gasteiger charge is -2.40. The van der Waals surface area contributed by atoms with Crippen molar-refractivity contribution in [2.75, 3.05) is 13.1 Å². The molecule has 1 N–H and O–H groups in total. The maximum atomic E-state index is 7.18. The van der Waals surface area contributed by atoms with E-state index in [1.165, 1.54) is 54.4 Å². The maximum absolute atomic E-state index is 7.18. The van der Waals surface area contributed by atoms with E-state index in [4.69, 9.17) is 4.74 Å². The molecular weight excluding hydrogens is 390 g/mol. The van der Waals surface area contributed by atoms with Gasteiger partial charge in [-0.1, -0.05) is 104 Å². The molecule has 0 atom stereocenters. The van der Waals surface area contributed by atoms with Crippen LogP contribution in [0.25, 0.3) is 0 Å². The highest BCUT2D eigenvalue weighted by Gasteiger charge is 2.40. The van der Waals surface area contributed by atoms with Gasteiger partial charge in [-0.25, -0.2) is 0 Å². The number of benzene rings is 3. The largest absolute Gasteiger partial charge is 0.358 e. The quantitative estimate of drug-likeness (QED) is 0.439. The zero-order valence-corrected chi connectivity index (χ0v) is 19.0. The Hall–Kier alpha value is -2.42. The lowest BCUT2D eigenvalue weighted by molar-refractivity contribution is -0.0594. The molecule has 0 radical (unpaired) electrons. The Morgan fingerprint density at radius 2 is 1.12 bits per heavy atom. The van der Waals surface area contributed by atoms with Gasteiger partial charge in [-0.05, 0) is 66.9 Å². The Morgan fingerprint density at radius 1 is 0.594 bits per heavy atom. The Kier molecular flexibility index (Phi) is 6.71. The number of rotatable bonds is 6. The zero-order valence-electron chi connectivity index (χ0n) is 19.0. The third-order valence-corrected chi connectivity index (χ3v) is 7.38. The molecule has 0 bridgehead atoms. The van der Waals surface area contributed by atoms with Gasteiger partial charge in [-0.3, -0.25) is 0 Å². The van der Waals surface area contributed by atoms with Gasteiger partial charge in [0.1, 0.15) is 5.60 Å². The van der Waals surface area contributed by atoms with Gasteiger partial charge in [0.05, 0.1) is 6.10 Å². The van der Waals surface area contributed by atoms with Crippen LogP contribution in [0.15, 0.2) is 84.9 Å². The average molecular weight is 426 g/mol. The fourth-order valence-electron chi connectivity index (χ4n) is 5.64. The molecule has 1 aliphatic carbocycles. The van der Waals surface area contributed by atoms with Crippen LogP contribution in [0, 0.1) is 0 Å². The first-order valence-electron chi connectivity index (χ1n) is 12.5. The van der Waals surface area contributed by atoms with Gasteiger partial charge < -0.3 is 10.1 Å². The van der Waals surface area contributed by atoms with Crippen molar-refractivity contribution in [3.8, 4) is 0 Å². The van der Waals surface area contributed by atoms with E-state index >= 15 is 0 Å². The standard InChI is InChI=1S/C30H35NO/c1-4-10-24(11-5-1)25-16-18-28(19-17-25)30(26-12-6-2-7-13-26,27-14-8-3-9-15-27)32-29-20-22-31-23-21-29/h2-3,6-9,12-19,24,29,31H,1,4-5,10-11,20-23H2. The van der Waals surface area contributed by atoms with E-state index in [0.717, 1.165) is 25.9 Å². The van der Waals surface area contributed by atoms with E-state index in [9.17, 15) is 0 Å². The van der Waals surface area contributed by atoms with E-state index in [-0.39, 0.29) is 6.10 Å². The molecule has 2 aliphatic rings. The molecule has 1 saturated heterocycles. The predicted octanol–water partition coefficient (Wildman–Crippen LogP) is 6.79. The summed E-state index contributed by atoms with van der Waals surface area (Å²) >= 11 is 0. The van der Waals surface area contributed by atoms with E-state index in [1.807, 2.05) is 0 Å². The molecule has 3 aromatic carbocycles. The molecule has 0 amide bonds. The van der Waals surface area contributed by atoms with Crippen molar-refractivity contribution in [1.29, 1.82) is 0 Å². The van der Waals surface area contributed by atoms with Crippen molar-refractivity contribution in [2.45, 2.75) is 62.6 Å². The van der Waals surface area contributed by atoms with Crippen LogP contribution in [0.5, 0.6) is 0 Å². The summed E-state index contributed by atoms with van der Waals surface area (Å²) in [7, 11) is 0. The van der Waals surface area contributed by atoms with Gasteiger partial charge in [0, 0.05) is 0 Å². The third kappa shape index (κ3) is 4.40. The van der Waals surface area contributed by atoms with Crippen LogP contribution in [0.4, 0.5) is 0 Å². The Bertz CT molecular complexity index is 915. The minimum Gasteiger partial charge on any atom is -0.358 e. The number of piperidine rings is 1. The van der Waals surface area contributed by atoms with E-state index in [2.05, 4.69) is 90.2 Å². The van der Waals surface area contributed by atoms with Crippen LogP contribution in [-0.2, 0) is 10.3 Å². The second kappa shape index (κ2) is 10.0. The van der Waals surface area contributed by atoms with Crippen molar-refractivity contribution in [3.63, 3.8) is 0 Å². The lowest BCUT2D eigenvalue weighted by Crippen LogP contribution is -2.41. The topological polar surface area (TPSA) is 21.3 Å². The molecule has 0 unspecified atom stereocenters. The van der Waals surface area contributed by atoms with Crippen molar-refractivity contribution >= 4 is 0 Å². The Morgan fingerprint density at radius 3 is 1.69 bits per heavy atom. The Labute approximate surface area is 193 Å². The molecular formula is C30H35NO. The van der Waals surface area contributed by atoms with Crippen molar-refractivity contribution in [1.82, 2.24) is 5.32 Å². The van der Waals surface area contributed by atoms with Crippen LogP contribution in [-0.4, -0.2) is 19.2 Å². The average Bonchev–Trinajstić information content (AvgIpc) is 2.90. The summed E-state index contributed by atoms with van der Waals surface area (Å²) in [4.78, 5) is 0. The minimum absolute atomic E-state index is 0.231. The molecule has 2 nitrogen and oxygen atoms in total. The molecule has 2 heteroatoms. The maximum Gasteiger partial charge on any atom is 0.144 e. The molecule has 2 fully saturated rings. The summed E-state index contributed by atoms with van der Waals surface area (Å²) in [5.41, 5.74) is 4.53. The SMILES string of the molecule is c1ccc(C(OC2CCNCC2)(c2ccccc2)c2ccc(C3CCCCC3)cc2)cc1. The number of nitrogens with one attached hydrogen (secondary N) is 1. The first-order valence-corrected chi connectivity index (χ1v) is 12.5. The van der Waals surface area contributed by atoms with Crippen LogP contribution in [0.2, 0.25) is 0 Å². The van der Waals surface area contributed by atoms with E-state index in [0.29, 0.717) is 5.92 Å². The molecule has 166 valence electrons. The fourth-order valence-corrected chi connectivity index (χ4v) is 5.64.